The topological polar surface area (TPSA) is 29.5 Å². The first-order chi connectivity index (χ1) is 8.22. The number of thioether (sulfide) groups is 1. The quantitative estimate of drug-likeness (QED) is 0.884. The van der Waals surface area contributed by atoms with Gasteiger partial charge in [-0.25, -0.2) is 0 Å². The minimum absolute atomic E-state index is 0.477. The molecule has 1 saturated carbocycles. The van der Waals surface area contributed by atoms with Crippen molar-refractivity contribution in [3.05, 3.63) is 23.8 Å². The van der Waals surface area contributed by atoms with E-state index in [1.165, 1.54) is 30.6 Å². The summed E-state index contributed by atoms with van der Waals surface area (Å²) in [7, 11) is 1.66. The van der Waals surface area contributed by atoms with E-state index in [2.05, 4.69) is 6.07 Å². The highest BCUT2D eigenvalue weighted by Crippen LogP contribution is 2.40. The summed E-state index contributed by atoms with van der Waals surface area (Å²) in [5, 5.41) is 10.6. The zero-order valence-corrected chi connectivity index (χ0v) is 11.3. The molecular formula is C14H20O2S. The van der Waals surface area contributed by atoms with E-state index >= 15 is 0 Å². The van der Waals surface area contributed by atoms with Gasteiger partial charge in [0.2, 0.25) is 0 Å². The summed E-state index contributed by atoms with van der Waals surface area (Å²) in [6, 6.07) is 6.01. The number of hydrogen-bond acceptors (Lipinski definition) is 3. The van der Waals surface area contributed by atoms with Gasteiger partial charge in [-0.3, -0.25) is 0 Å². The first kappa shape index (κ1) is 12.8. The van der Waals surface area contributed by atoms with Crippen LogP contribution in [0.3, 0.4) is 0 Å². The van der Waals surface area contributed by atoms with Crippen molar-refractivity contribution in [3.63, 3.8) is 0 Å². The van der Waals surface area contributed by atoms with Gasteiger partial charge in [0.15, 0.2) is 0 Å². The molecule has 0 amide bonds. The molecular weight excluding hydrogens is 232 g/mol. The molecule has 0 bridgehead atoms. The second-order valence-electron chi connectivity index (χ2n) is 4.57. The molecule has 17 heavy (non-hydrogen) atoms. The molecule has 0 radical (unpaired) electrons. The van der Waals surface area contributed by atoms with Crippen LogP contribution in [-0.2, 0) is 0 Å². The molecule has 1 aliphatic carbocycles. The Morgan fingerprint density at radius 3 is 2.65 bits per heavy atom. The summed E-state index contributed by atoms with van der Waals surface area (Å²) >= 11 is 1.90. The lowest BCUT2D eigenvalue weighted by Gasteiger charge is -2.17. The van der Waals surface area contributed by atoms with Crippen molar-refractivity contribution in [1.29, 1.82) is 0 Å². The fourth-order valence-electron chi connectivity index (χ4n) is 2.40. The average molecular weight is 252 g/mol. The summed E-state index contributed by atoms with van der Waals surface area (Å²) in [6.07, 6.45) is 4.79. The van der Waals surface area contributed by atoms with Gasteiger partial charge in [-0.15, -0.1) is 11.8 Å². The number of rotatable bonds is 4. The van der Waals surface area contributed by atoms with E-state index in [0.717, 1.165) is 11.3 Å². The van der Waals surface area contributed by atoms with Crippen LogP contribution in [0, 0.1) is 0 Å². The first-order valence-corrected chi connectivity index (χ1v) is 7.12. The summed E-state index contributed by atoms with van der Waals surface area (Å²) in [6.45, 7) is 1.80. The van der Waals surface area contributed by atoms with E-state index in [4.69, 9.17) is 4.74 Å². The van der Waals surface area contributed by atoms with E-state index in [-0.39, 0.29) is 0 Å². The standard InChI is InChI=1S/C14H20O2S/c1-10(15)14-12(16-2)8-5-9-13(14)17-11-6-3-4-7-11/h5,8-11,15H,3-4,6-7H2,1-2H3/t10-/m0/s1. The highest BCUT2D eigenvalue weighted by Gasteiger charge is 2.20. The van der Waals surface area contributed by atoms with E-state index in [1.54, 1.807) is 14.0 Å². The normalized spacial score (nSPS) is 18.3. The molecule has 1 N–H and O–H groups in total. The lowest BCUT2D eigenvalue weighted by Crippen LogP contribution is -2.01. The van der Waals surface area contributed by atoms with Gasteiger partial charge < -0.3 is 9.84 Å². The van der Waals surface area contributed by atoms with Crippen LogP contribution in [0.25, 0.3) is 0 Å². The second-order valence-corrected chi connectivity index (χ2v) is 5.91. The fourth-order valence-corrected chi connectivity index (χ4v) is 3.89. The lowest BCUT2D eigenvalue weighted by atomic mass is 10.1. The molecule has 1 aromatic carbocycles. The zero-order valence-electron chi connectivity index (χ0n) is 10.5. The number of benzene rings is 1. The smallest absolute Gasteiger partial charge is 0.125 e. The van der Waals surface area contributed by atoms with Crippen LogP contribution in [0.5, 0.6) is 5.75 Å². The van der Waals surface area contributed by atoms with E-state index in [9.17, 15) is 5.11 Å². The van der Waals surface area contributed by atoms with E-state index in [1.807, 2.05) is 23.9 Å². The van der Waals surface area contributed by atoms with Gasteiger partial charge in [-0.1, -0.05) is 18.9 Å². The highest BCUT2D eigenvalue weighted by molar-refractivity contribution is 8.00. The van der Waals surface area contributed by atoms with Crippen molar-refractivity contribution in [1.82, 2.24) is 0 Å². The molecule has 1 aliphatic rings. The number of methoxy groups -OCH3 is 1. The minimum atomic E-state index is -0.477. The van der Waals surface area contributed by atoms with Gasteiger partial charge in [-0.2, -0.15) is 0 Å². The number of ether oxygens (including phenoxy) is 1. The van der Waals surface area contributed by atoms with Crippen LogP contribution in [0.1, 0.15) is 44.3 Å². The Bertz CT molecular complexity index is 370. The Balaban J connectivity index is 2.25. The van der Waals surface area contributed by atoms with Crippen molar-refractivity contribution in [3.8, 4) is 5.75 Å². The average Bonchev–Trinajstić information content (AvgIpc) is 2.81. The molecule has 2 nitrogen and oxygen atoms in total. The van der Waals surface area contributed by atoms with E-state index in [0.29, 0.717) is 5.25 Å². The Morgan fingerprint density at radius 2 is 2.06 bits per heavy atom. The fraction of sp³-hybridized carbons (Fsp3) is 0.571. The maximum absolute atomic E-state index is 9.90. The Hall–Kier alpha value is -0.670. The molecule has 1 atom stereocenters. The lowest BCUT2D eigenvalue weighted by molar-refractivity contribution is 0.191. The Kier molecular flexibility index (Phi) is 4.35. The van der Waals surface area contributed by atoms with Crippen LogP contribution >= 0.6 is 11.8 Å². The van der Waals surface area contributed by atoms with Crippen LogP contribution in [0.4, 0.5) is 0 Å². The third kappa shape index (κ3) is 2.96. The molecule has 0 aromatic heterocycles. The van der Waals surface area contributed by atoms with Crippen molar-refractivity contribution in [2.75, 3.05) is 7.11 Å². The Morgan fingerprint density at radius 1 is 1.35 bits per heavy atom. The molecule has 0 aliphatic heterocycles. The first-order valence-electron chi connectivity index (χ1n) is 6.24. The van der Waals surface area contributed by atoms with Gasteiger partial charge in [-0.05, 0) is 31.9 Å². The third-order valence-electron chi connectivity index (χ3n) is 3.26. The van der Waals surface area contributed by atoms with Crippen molar-refractivity contribution < 1.29 is 9.84 Å². The Labute approximate surface area is 107 Å². The maximum atomic E-state index is 9.90. The number of aliphatic hydroxyl groups excluding tert-OH is 1. The van der Waals surface area contributed by atoms with Gasteiger partial charge >= 0.3 is 0 Å². The largest absolute Gasteiger partial charge is 0.496 e. The molecule has 1 aromatic rings. The van der Waals surface area contributed by atoms with E-state index < -0.39 is 6.10 Å². The maximum Gasteiger partial charge on any atom is 0.125 e. The minimum Gasteiger partial charge on any atom is -0.496 e. The predicted octanol–water partition coefficient (Wildman–Crippen LogP) is 3.78. The van der Waals surface area contributed by atoms with Crippen molar-refractivity contribution >= 4 is 11.8 Å². The summed E-state index contributed by atoms with van der Waals surface area (Å²) < 4.78 is 5.34. The second kappa shape index (κ2) is 5.78. The molecule has 94 valence electrons. The van der Waals surface area contributed by atoms with Crippen LogP contribution in [0.15, 0.2) is 23.1 Å². The van der Waals surface area contributed by atoms with Gasteiger partial charge in [0, 0.05) is 15.7 Å². The summed E-state index contributed by atoms with van der Waals surface area (Å²) in [5.74, 6) is 0.794. The third-order valence-corrected chi connectivity index (χ3v) is 4.67. The summed E-state index contributed by atoms with van der Waals surface area (Å²) in [5.41, 5.74) is 0.937. The van der Waals surface area contributed by atoms with Gasteiger partial charge in [0.25, 0.3) is 0 Å². The molecule has 0 unspecified atom stereocenters. The zero-order chi connectivity index (χ0) is 12.3. The van der Waals surface area contributed by atoms with Gasteiger partial charge in [0.05, 0.1) is 13.2 Å². The number of aliphatic hydroxyl groups is 1. The molecule has 1 fully saturated rings. The van der Waals surface area contributed by atoms with Gasteiger partial charge in [0.1, 0.15) is 5.75 Å². The van der Waals surface area contributed by atoms with Crippen LogP contribution < -0.4 is 4.74 Å². The highest BCUT2D eigenvalue weighted by atomic mass is 32.2. The monoisotopic (exact) mass is 252 g/mol. The van der Waals surface area contributed by atoms with Crippen molar-refractivity contribution in [2.45, 2.75) is 48.9 Å². The molecule has 3 heteroatoms. The van der Waals surface area contributed by atoms with Crippen LogP contribution in [0.2, 0.25) is 0 Å². The van der Waals surface area contributed by atoms with Crippen LogP contribution in [-0.4, -0.2) is 17.5 Å². The predicted molar refractivity (Wildman–Crippen MR) is 71.7 cm³/mol. The van der Waals surface area contributed by atoms with Crippen molar-refractivity contribution in [2.24, 2.45) is 0 Å². The summed E-state index contributed by atoms with van der Waals surface area (Å²) in [4.78, 5) is 1.17. The molecule has 0 saturated heterocycles. The SMILES string of the molecule is COc1cccc(SC2CCCC2)c1[C@H](C)O. The molecule has 2 rings (SSSR count). The number of hydrogen-bond donors (Lipinski definition) is 1. The molecule has 0 spiro atoms. The molecule has 0 heterocycles.